The van der Waals surface area contributed by atoms with E-state index >= 15 is 0 Å². The molecular weight excluding hydrogens is 292 g/mol. The van der Waals surface area contributed by atoms with Crippen molar-refractivity contribution in [2.24, 2.45) is 0 Å². The molecule has 1 aliphatic rings. The highest BCUT2D eigenvalue weighted by Gasteiger charge is 2.48. The summed E-state index contributed by atoms with van der Waals surface area (Å²) in [7, 11) is 0. The van der Waals surface area contributed by atoms with Crippen LogP contribution in [0.3, 0.4) is 0 Å². The largest absolute Gasteiger partial charge is 0.508 e. The monoisotopic (exact) mass is 312 g/mol. The molecule has 23 heavy (non-hydrogen) atoms. The van der Waals surface area contributed by atoms with Crippen LogP contribution in [0.25, 0.3) is 11.1 Å². The van der Waals surface area contributed by atoms with Gasteiger partial charge in [0.15, 0.2) is 0 Å². The first-order chi connectivity index (χ1) is 11.1. The van der Waals surface area contributed by atoms with Crippen LogP contribution in [0.15, 0.2) is 48.5 Å². The number of carbonyl (C=O) groups excluding carboxylic acids is 1. The second-order valence-electron chi connectivity index (χ2n) is 5.75. The SMILES string of the molecule is CCOC(=O)C1(Oc2cccc(-c3cccc(O)c3)c2)CCC1. The predicted molar refractivity (Wildman–Crippen MR) is 87.4 cm³/mol. The van der Waals surface area contributed by atoms with Crippen molar-refractivity contribution in [2.45, 2.75) is 31.8 Å². The number of phenolic OH excluding ortho intramolecular Hbond substituents is 1. The first-order valence-electron chi connectivity index (χ1n) is 7.89. The Morgan fingerprint density at radius 3 is 2.43 bits per heavy atom. The van der Waals surface area contributed by atoms with E-state index in [2.05, 4.69) is 0 Å². The van der Waals surface area contributed by atoms with Gasteiger partial charge in [-0.3, -0.25) is 0 Å². The lowest BCUT2D eigenvalue weighted by Crippen LogP contribution is -2.51. The fourth-order valence-electron chi connectivity index (χ4n) is 2.76. The predicted octanol–water partition coefficient (Wildman–Crippen LogP) is 3.92. The molecule has 1 saturated carbocycles. The number of esters is 1. The molecule has 0 aromatic heterocycles. The Morgan fingerprint density at radius 2 is 1.83 bits per heavy atom. The lowest BCUT2D eigenvalue weighted by Gasteiger charge is -2.39. The minimum atomic E-state index is -0.840. The maximum atomic E-state index is 12.2. The number of ether oxygens (including phenoxy) is 2. The van der Waals surface area contributed by atoms with E-state index in [1.54, 1.807) is 25.1 Å². The van der Waals surface area contributed by atoms with Crippen LogP contribution in [-0.2, 0) is 9.53 Å². The van der Waals surface area contributed by atoms with Gasteiger partial charge in [-0.1, -0.05) is 24.3 Å². The Bertz CT molecular complexity index is 704. The smallest absolute Gasteiger partial charge is 0.350 e. The fourth-order valence-corrected chi connectivity index (χ4v) is 2.76. The molecule has 0 amide bonds. The summed E-state index contributed by atoms with van der Waals surface area (Å²) >= 11 is 0. The molecule has 0 heterocycles. The Morgan fingerprint density at radius 1 is 1.13 bits per heavy atom. The van der Waals surface area contributed by atoms with Crippen LogP contribution in [0.5, 0.6) is 11.5 Å². The Kier molecular flexibility index (Phi) is 4.24. The maximum absolute atomic E-state index is 12.2. The van der Waals surface area contributed by atoms with Crippen molar-refractivity contribution in [3.63, 3.8) is 0 Å². The minimum Gasteiger partial charge on any atom is -0.508 e. The minimum absolute atomic E-state index is 0.218. The van der Waals surface area contributed by atoms with Gasteiger partial charge in [-0.15, -0.1) is 0 Å². The molecule has 0 unspecified atom stereocenters. The van der Waals surface area contributed by atoms with Crippen molar-refractivity contribution >= 4 is 5.97 Å². The summed E-state index contributed by atoms with van der Waals surface area (Å²) in [6.45, 7) is 2.15. The molecule has 2 aromatic carbocycles. The molecule has 1 fully saturated rings. The lowest BCUT2D eigenvalue weighted by atomic mass is 9.80. The molecule has 2 aromatic rings. The van der Waals surface area contributed by atoms with Gasteiger partial charge in [0.1, 0.15) is 11.5 Å². The summed E-state index contributed by atoms with van der Waals surface area (Å²) in [5.41, 5.74) is 0.985. The van der Waals surface area contributed by atoms with E-state index in [4.69, 9.17) is 9.47 Å². The Labute approximate surface area is 135 Å². The molecule has 120 valence electrons. The Hall–Kier alpha value is -2.49. The van der Waals surface area contributed by atoms with E-state index in [0.29, 0.717) is 25.2 Å². The zero-order chi connectivity index (χ0) is 16.3. The van der Waals surface area contributed by atoms with E-state index in [9.17, 15) is 9.90 Å². The number of hydrogen-bond donors (Lipinski definition) is 1. The maximum Gasteiger partial charge on any atom is 0.350 e. The summed E-state index contributed by atoms with van der Waals surface area (Å²) in [6, 6.07) is 14.6. The first-order valence-corrected chi connectivity index (χ1v) is 7.89. The normalized spacial score (nSPS) is 15.5. The van der Waals surface area contributed by atoms with E-state index in [0.717, 1.165) is 17.5 Å². The van der Waals surface area contributed by atoms with Gasteiger partial charge in [-0.2, -0.15) is 0 Å². The van der Waals surface area contributed by atoms with Crippen LogP contribution in [-0.4, -0.2) is 23.3 Å². The first kappa shape index (κ1) is 15.4. The van der Waals surface area contributed by atoms with Gasteiger partial charge in [0.25, 0.3) is 0 Å². The molecule has 0 spiro atoms. The molecule has 1 aliphatic carbocycles. The topological polar surface area (TPSA) is 55.8 Å². The van der Waals surface area contributed by atoms with Crippen LogP contribution in [0.4, 0.5) is 0 Å². The summed E-state index contributed by atoms with van der Waals surface area (Å²) < 4.78 is 11.2. The summed E-state index contributed by atoms with van der Waals surface area (Å²) in [6.07, 6.45) is 2.33. The van der Waals surface area contributed by atoms with E-state index in [-0.39, 0.29) is 11.7 Å². The van der Waals surface area contributed by atoms with Crippen molar-refractivity contribution in [1.29, 1.82) is 0 Å². The van der Waals surface area contributed by atoms with Gasteiger partial charge in [-0.25, -0.2) is 4.79 Å². The van der Waals surface area contributed by atoms with Gasteiger partial charge in [-0.05, 0) is 61.6 Å². The highest BCUT2D eigenvalue weighted by atomic mass is 16.6. The fraction of sp³-hybridized carbons (Fsp3) is 0.316. The van der Waals surface area contributed by atoms with Gasteiger partial charge >= 0.3 is 5.97 Å². The van der Waals surface area contributed by atoms with Gasteiger partial charge in [0, 0.05) is 0 Å². The molecule has 0 radical (unpaired) electrons. The third kappa shape index (κ3) is 3.16. The van der Waals surface area contributed by atoms with Crippen LogP contribution in [0.2, 0.25) is 0 Å². The molecule has 1 N–H and O–H groups in total. The van der Waals surface area contributed by atoms with Gasteiger partial charge in [0.05, 0.1) is 6.61 Å². The molecule has 0 saturated heterocycles. The molecular formula is C19H20O4. The van der Waals surface area contributed by atoms with Gasteiger partial charge < -0.3 is 14.6 Å². The zero-order valence-corrected chi connectivity index (χ0v) is 13.1. The molecule has 4 nitrogen and oxygen atoms in total. The van der Waals surface area contributed by atoms with Crippen LogP contribution in [0.1, 0.15) is 26.2 Å². The van der Waals surface area contributed by atoms with E-state index in [1.807, 2.05) is 30.3 Å². The van der Waals surface area contributed by atoms with E-state index < -0.39 is 5.60 Å². The van der Waals surface area contributed by atoms with Crippen LogP contribution in [0, 0.1) is 0 Å². The second kappa shape index (κ2) is 6.32. The third-order valence-electron chi connectivity index (χ3n) is 4.14. The summed E-state index contributed by atoms with van der Waals surface area (Å²) in [5, 5.41) is 9.62. The molecule has 0 atom stereocenters. The second-order valence-corrected chi connectivity index (χ2v) is 5.75. The number of carbonyl (C=O) groups is 1. The number of phenols is 1. The number of benzene rings is 2. The van der Waals surface area contributed by atoms with Crippen molar-refractivity contribution in [3.05, 3.63) is 48.5 Å². The van der Waals surface area contributed by atoms with Crippen LogP contribution < -0.4 is 4.74 Å². The van der Waals surface area contributed by atoms with Crippen molar-refractivity contribution < 1.29 is 19.4 Å². The van der Waals surface area contributed by atoms with Crippen molar-refractivity contribution in [1.82, 2.24) is 0 Å². The average Bonchev–Trinajstić information content (AvgIpc) is 2.51. The molecule has 0 bridgehead atoms. The highest BCUT2D eigenvalue weighted by molar-refractivity contribution is 5.81. The number of aromatic hydroxyl groups is 1. The molecule has 3 rings (SSSR count). The summed E-state index contributed by atoms with van der Waals surface area (Å²) in [5.74, 6) is 0.573. The van der Waals surface area contributed by atoms with Crippen molar-refractivity contribution in [3.8, 4) is 22.6 Å². The number of rotatable bonds is 5. The molecule has 4 heteroatoms. The standard InChI is InChI=1S/C19H20O4/c1-2-22-18(21)19(10-5-11-19)23-17-9-4-7-15(13-17)14-6-3-8-16(20)12-14/h3-4,6-9,12-13,20H,2,5,10-11H2,1H3. The number of hydrogen-bond acceptors (Lipinski definition) is 4. The molecule has 0 aliphatic heterocycles. The zero-order valence-electron chi connectivity index (χ0n) is 13.1. The Balaban J connectivity index is 1.84. The highest BCUT2D eigenvalue weighted by Crippen LogP contribution is 2.38. The quantitative estimate of drug-likeness (QED) is 0.850. The third-order valence-corrected chi connectivity index (χ3v) is 4.14. The van der Waals surface area contributed by atoms with Crippen LogP contribution >= 0.6 is 0 Å². The van der Waals surface area contributed by atoms with E-state index in [1.165, 1.54) is 0 Å². The lowest BCUT2D eigenvalue weighted by molar-refractivity contribution is -0.169. The summed E-state index contributed by atoms with van der Waals surface area (Å²) in [4.78, 5) is 12.2. The van der Waals surface area contributed by atoms with Crippen molar-refractivity contribution in [2.75, 3.05) is 6.61 Å². The average molecular weight is 312 g/mol. The van der Waals surface area contributed by atoms with Gasteiger partial charge in [0.2, 0.25) is 5.60 Å².